The Morgan fingerprint density at radius 1 is 0.552 bits per heavy atom. The minimum atomic E-state index is -0.357. The predicted molar refractivity (Wildman–Crippen MR) is 109 cm³/mol. The third-order valence-electron chi connectivity index (χ3n) is 5.78. The summed E-state index contributed by atoms with van der Waals surface area (Å²) < 4.78 is 0. The molecule has 4 rings (SSSR count). The van der Waals surface area contributed by atoms with Crippen molar-refractivity contribution in [3.8, 4) is 0 Å². The highest BCUT2D eigenvalue weighted by atomic mass is 16.2. The van der Waals surface area contributed by atoms with Crippen molar-refractivity contribution in [3.63, 3.8) is 0 Å². The van der Waals surface area contributed by atoms with E-state index in [4.69, 9.17) is 0 Å². The maximum atomic E-state index is 13.0. The van der Waals surface area contributed by atoms with Gasteiger partial charge in [-0.05, 0) is 37.1 Å². The molecule has 2 aromatic rings. The lowest BCUT2D eigenvalue weighted by Crippen LogP contribution is -2.43. The van der Waals surface area contributed by atoms with Gasteiger partial charge in [0, 0.05) is 46.1 Å². The zero-order valence-electron chi connectivity index (χ0n) is 16.8. The number of unbranched alkanes of at least 4 members (excludes halogenated alkanes) is 3. The Kier molecular flexibility index (Phi) is 4.94. The molecule has 2 aromatic carbocycles. The lowest BCUT2D eigenvalue weighted by atomic mass is 9.86. The smallest absolute Gasteiger partial charge is 0.261 e. The highest BCUT2D eigenvalue weighted by Gasteiger charge is 2.39. The van der Waals surface area contributed by atoms with E-state index in [0.717, 1.165) is 32.1 Å². The van der Waals surface area contributed by atoms with Crippen LogP contribution in [0.4, 0.5) is 0 Å². The van der Waals surface area contributed by atoms with E-state index in [1.54, 1.807) is 24.3 Å². The summed E-state index contributed by atoms with van der Waals surface area (Å²) in [6, 6.07) is 6.49. The molecule has 0 bridgehead atoms. The summed E-state index contributed by atoms with van der Waals surface area (Å²) in [5.74, 6) is -1.42. The highest BCUT2D eigenvalue weighted by molar-refractivity contribution is 6.33. The van der Waals surface area contributed by atoms with Crippen LogP contribution in [0.25, 0.3) is 10.8 Å². The summed E-state index contributed by atoms with van der Waals surface area (Å²) in [5, 5.41) is 0.885. The first-order chi connectivity index (χ1) is 14.0. The summed E-state index contributed by atoms with van der Waals surface area (Å²) in [7, 11) is 0. The Morgan fingerprint density at radius 3 is 1.24 bits per heavy atom. The van der Waals surface area contributed by atoms with Crippen LogP contribution in [-0.4, -0.2) is 46.5 Å². The van der Waals surface area contributed by atoms with Gasteiger partial charge in [0.2, 0.25) is 0 Å². The predicted octanol–water partition coefficient (Wildman–Crippen LogP) is 4.02. The Labute approximate surface area is 169 Å². The lowest BCUT2D eigenvalue weighted by Gasteiger charge is -2.32. The molecule has 0 aromatic heterocycles. The van der Waals surface area contributed by atoms with Crippen LogP contribution in [0.15, 0.2) is 24.3 Å². The number of imide groups is 2. The molecule has 0 radical (unpaired) electrons. The highest BCUT2D eigenvalue weighted by Crippen LogP contribution is 2.37. The van der Waals surface area contributed by atoms with Crippen LogP contribution in [-0.2, 0) is 0 Å². The fourth-order valence-corrected chi connectivity index (χ4v) is 4.22. The van der Waals surface area contributed by atoms with Crippen LogP contribution < -0.4 is 0 Å². The van der Waals surface area contributed by atoms with Gasteiger partial charge in [-0.25, -0.2) is 0 Å². The average Bonchev–Trinajstić information content (AvgIpc) is 2.72. The van der Waals surface area contributed by atoms with Crippen molar-refractivity contribution >= 4 is 34.4 Å². The lowest BCUT2D eigenvalue weighted by molar-refractivity contribution is 0.0586. The molecule has 6 heteroatoms. The second-order valence-electron chi connectivity index (χ2n) is 7.66. The average molecular weight is 392 g/mol. The molecule has 0 spiro atoms. The van der Waals surface area contributed by atoms with Crippen LogP contribution in [0.2, 0.25) is 0 Å². The second kappa shape index (κ2) is 7.43. The van der Waals surface area contributed by atoms with Gasteiger partial charge in [0.1, 0.15) is 0 Å². The van der Waals surface area contributed by atoms with Gasteiger partial charge in [-0.1, -0.05) is 33.1 Å². The van der Waals surface area contributed by atoms with Crippen LogP contribution in [0, 0.1) is 0 Å². The first kappa shape index (κ1) is 19.3. The van der Waals surface area contributed by atoms with Gasteiger partial charge in [-0.15, -0.1) is 0 Å². The number of amides is 4. The Morgan fingerprint density at radius 2 is 0.897 bits per heavy atom. The first-order valence-corrected chi connectivity index (χ1v) is 10.3. The molecule has 2 aliphatic heterocycles. The third kappa shape index (κ3) is 2.85. The zero-order chi connectivity index (χ0) is 20.7. The SMILES string of the molecule is CCCCCN1C(=O)c2ccc3c4c(ccc(c24)C1=O)C(=O)N(CCCC)C3=O. The Bertz CT molecular complexity index is 986. The molecule has 0 atom stereocenters. The van der Waals surface area contributed by atoms with Crippen LogP contribution in [0.3, 0.4) is 0 Å². The maximum Gasteiger partial charge on any atom is 0.261 e. The van der Waals surface area contributed by atoms with Crippen LogP contribution in [0.1, 0.15) is 87.4 Å². The summed E-state index contributed by atoms with van der Waals surface area (Å²) in [5.41, 5.74) is 1.55. The fraction of sp³-hybridized carbons (Fsp3) is 0.391. The molecule has 0 N–H and O–H groups in total. The number of hydrogen-bond donors (Lipinski definition) is 0. The maximum absolute atomic E-state index is 13.0. The van der Waals surface area contributed by atoms with Crippen molar-refractivity contribution in [3.05, 3.63) is 46.5 Å². The number of rotatable bonds is 7. The molecule has 6 nitrogen and oxygen atoms in total. The molecular formula is C23H24N2O4. The minimum absolute atomic E-state index is 0.351. The van der Waals surface area contributed by atoms with E-state index >= 15 is 0 Å². The van der Waals surface area contributed by atoms with E-state index < -0.39 is 0 Å². The fourth-order valence-electron chi connectivity index (χ4n) is 4.22. The van der Waals surface area contributed by atoms with E-state index in [2.05, 4.69) is 6.92 Å². The van der Waals surface area contributed by atoms with E-state index in [0.29, 0.717) is 46.1 Å². The summed E-state index contributed by atoms with van der Waals surface area (Å²) in [6.07, 6.45) is 4.29. The van der Waals surface area contributed by atoms with Crippen molar-refractivity contribution in [2.75, 3.05) is 13.1 Å². The van der Waals surface area contributed by atoms with E-state index in [9.17, 15) is 19.2 Å². The van der Waals surface area contributed by atoms with E-state index in [-0.39, 0.29) is 23.6 Å². The van der Waals surface area contributed by atoms with E-state index in [1.807, 2.05) is 6.92 Å². The van der Waals surface area contributed by atoms with Gasteiger partial charge in [-0.3, -0.25) is 29.0 Å². The Balaban J connectivity index is 1.85. The van der Waals surface area contributed by atoms with Gasteiger partial charge >= 0.3 is 0 Å². The van der Waals surface area contributed by atoms with Crippen molar-refractivity contribution in [2.24, 2.45) is 0 Å². The summed E-state index contributed by atoms with van der Waals surface area (Å²) in [4.78, 5) is 54.6. The number of hydrogen-bond acceptors (Lipinski definition) is 4. The number of carbonyl (C=O) groups is 4. The molecule has 0 unspecified atom stereocenters. The van der Waals surface area contributed by atoms with E-state index in [1.165, 1.54) is 9.80 Å². The number of benzene rings is 2. The molecule has 0 saturated carbocycles. The molecule has 0 saturated heterocycles. The Hall–Kier alpha value is -3.02. The summed E-state index contributed by atoms with van der Waals surface area (Å²) >= 11 is 0. The molecular weight excluding hydrogens is 368 g/mol. The number of carbonyl (C=O) groups excluding carboxylic acids is 4. The van der Waals surface area contributed by atoms with Gasteiger partial charge in [-0.2, -0.15) is 0 Å². The molecule has 2 heterocycles. The standard InChI is InChI=1S/C23H24N2O4/c1-3-5-7-13-25-22(28)16-10-8-14-18-15(9-11-17(19(16)18)23(25)29)21(27)24(20(14)26)12-6-4-2/h8-11H,3-7,12-13H2,1-2H3. The third-order valence-corrected chi connectivity index (χ3v) is 5.78. The molecule has 0 aliphatic carbocycles. The summed E-state index contributed by atoms with van der Waals surface area (Å²) in [6.45, 7) is 4.80. The van der Waals surface area contributed by atoms with Gasteiger partial charge in [0.25, 0.3) is 23.6 Å². The van der Waals surface area contributed by atoms with Gasteiger partial charge in [0.05, 0.1) is 0 Å². The normalized spacial score (nSPS) is 15.7. The number of nitrogens with zero attached hydrogens (tertiary/aromatic N) is 2. The molecule has 29 heavy (non-hydrogen) atoms. The van der Waals surface area contributed by atoms with Crippen molar-refractivity contribution in [2.45, 2.75) is 46.0 Å². The van der Waals surface area contributed by atoms with Crippen LogP contribution >= 0.6 is 0 Å². The van der Waals surface area contributed by atoms with Gasteiger partial charge < -0.3 is 0 Å². The molecule has 0 fully saturated rings. The van der Waals surface area contributed by atoms with Crippen molar-refractivity contribution in [1.29, 1.82) is 0 Å². The monoisotopic (exact) mass is 392 g/mol. The van der Waals surface area contributed by atoms with Gasteiger partial charge in [0.15, 0.2) is 0 Å². The zero-order valence-corrected chi connectivity index (χ0v) is 16.8. The van der Waals surface area contributed by atoms with Crippen molar-refractivity contribution in [1.82, 2.24) is 9.80 Å². The second-order valence-corrected chi connectivity index (χ2v) is 7.66. The quantitative estimate of drug-likeness (QED) is 0.527. The molecule has 2 aliphatic rings. The molecule has 4 amide bonds. The first-order valence-electron chi connectivity index (χ1n) is 10.3. The minimum Gasteiger partial charge on any atom is -0.274 e. The topological polar surface area (TPSA) is 74.8 Å². The van der Waals surface area contributed by atoms with Crippen molar-refractivity contribution < 1.29 is 19.2 Å². The van der Waals surface area contributed by atoms with Crippen LogP contribution in [0.5, 0.6) is 0 Å². The molecule has 150 valence electrons. The largest absolute Gasteiger partial charge is 0.274 e.